The van der Waals surface area contributed by atoms with E-state index in [0.29, 0.717) is 24.3 Å². The number of anilines is 1. The van der Waals surface area contributed by atoms with Crippen LogP contribution in [0.25, 0.3) is 0 Å². The number of amides is 1. The Morgan fingerprint density at radius 2 is 2.27 bits per heavy atom. The minimum Gasteiger partial charge on any atom is -0.454 e. The van der Waals surface area contributed by atoms with E-state index in [1.54, 1.807) is 6.92 Å². The first-order valence-electron chi connectivity index (χ1n) is 6.80. The second-order valence-electron chi connectivity index (χ2n) is 4.91. The van der Waals surface area contributed by atoms with E-state index in [1.807, 2.05) is 0 Å². The number of carbonyl (C=O) groups is 2. The van der Waals surface area contributed by atoms with Crippen molar-refractivity contribution in [1.29, 1.82) is 0 Å². The summed E-state index contributed by atoms with van der Waals surface area (Å²) in [4.78, 5) is 33.5. The quantitative estimate of drug-likeness (QED) is 0.502. The smallest absolute Gasteiger partial charge is 0.335 e. The molecule has 1 amide bonds. The van der Waals surface area contributed by atoms with Crippen LogP contribution in [0.4, 0.5) is 11.4 Å². The second-order valence-corrected chi connectivity index (χ2v) is 4.91. The minimum absolute atomic E-state index is 0.128. The van der Waals surface area contributed by atoms with Crippen molar-refractivity contribution < 1.29 is 24.0 Å². The summed E-state index contributed by atoms with van der Waals surface area (Å²) >= 11 is 0. The lowest BCUT2D eigenvalue weighted by atomic mass is 10.2. The van der Waals surface area contributed by atoms with Crippen molar-refractivity contribution in [2.45, 2.75) is 25.9 Å². The maximum atomic E-state index is 11.8. The van der Waals surface area contributed by atoms with Gasteiger partial charge in [-0.15, -0.1) is 0 Å². The van der Waals surface area contributed by atoms with Crippen LogP contribution in [0.15, 0.2) is 18.2 Å². The Labute approximate surface area is 126 Å². The van der Waals surface area contributed by atoms with Crippen LogP contribution in [0.2, 0.25) is 0 Å². The number of carbonyl (C=O) groups excluding carboxylic acids is 2. The molecule has 2 rings (SSSR count). The van der Waals surface area contributed by atoms with Crippen molar-refractivity contribution in [2.75, 3.05) is 18.5 Å². The molecule has 0 bridgehead atoms. The number of hydrogen-bond donors (Lipinski definition) is 1. The summed E-state index contributed by atoms with van der Waals surface area (Å²) in [6, 6.07) is 4.14. The number of nitro benzene ring substituents is 1. The van der Waals surface area contributed by atoms with E-state index in [-0.39, 0.29) is 5.69 Å². The van der Waals surface area contributed by atoms with Crippen LogP contribution >= 0.6 is 0 Å². The third-order valence-corrected chi connectivity index (χ3v) is 3.24. The van der Waals surface area contributed by atoms with E-state index >= 15 is 0 Å². The molecule has 1 aromatic carbocycles. The topological polar surface area (TPSA) is 108 Å². The molecule has 1 aliphatic rings. The molecule has 1 heterocycles. The fraction of sp³-hybridized carbons (Fsp3) is 0.429. The summed E-state index contributed by atoms with van der Waals surface area (Å²) in [5.41, 5.74) is 0.856. The molecular formula is C14H16N2O6. The van der Waals surface area contributed by atoms with Gasteiger partial charge in [-0.1, -0.05) is 6.07 Å². The third-order valence-electron chi connectivity index (χ3n) is 3.24. The molecule has 0 saturated carbocycles. The summed E-state index contributed by atoms with van der Waals surface area (Å²) in [6.07, 6.45) is 0.774. The SMILES string of the molecule is Cc1ccc([N+](=O)[O-])cc1NC(=O)COC(=O)[C@@H]1CCCO1. The molecule has 118 valence electrons. The molecular weight excluding hydrogens is 292 g/mol. The van der Waals surface area contributed by atoms with Crippen LogP contribution < -0.4 is 5.32 Å². The zero-order valence-corrected chi connectivity index (χ0v) is 12.0. The number of aryl methyl sites for hydroxylation is 1. The number of ether oxygens (including phenoxy) is 2. The molecule has 8 heteroatoms. The zero-order valence-electron chi connectivity index (χ0n) is 12.0. The van der Waals surface area contributed by atoms with Crippen molar-refractivity contribution in [2.24, 2.45) is 0 Å². The van der Waals surface area contributed by atoms with E-state index < -0.39 is 29.5 Å². The monoisotopic (exact) mass is 308 g/mol. The Morgan fingerprint density at radius 1 is 1.50 bits per heavy atom. The van der Waals surface area contributed by atoms with E-state index in [2.05, 4.69) is 5.32 Å². The van der Waals surface area contributed by atoms with Gasteiger partial charge in [0, 0.05) is 18.7 Å². The predicted octanol–water partition coefficient (Wildman–Crippen LogP) is 1.56. The largest absolute Gasteiger partial charge is 0.454 e. The first kappa shape index (κ1) is 15.9. The Morgan fingerprint density at radius 3 is 2.91 bits per heavy atom. The average Bonchev–Trinajstić information content (AvgIpc) is 3.01. The highest BCUT2D eigenvalue weighted by molar-refractivity contribution is 5.94. The summed E-state index contributed by atoms with van der Waals surface area (Å²) in [5, 5.41) is 13.2. The van der Waals surface area contributed by atoms with Crippen LogP contribution in [-0.2, 0) is 19.1 Å². The van der Waals surface area contributed by atoms with E-state index in [1.165, 1.54) is 18.2 Å². The fourth-order valence-electron chi connectivity index (χ4n) is 2.04. The van der Waals surface area contributed by atoms with Crippen LogP contribution in [0.1, 0.15) is 18.4 Å². The van der Waals surface area contributed by atoms with Crippen LogP contribution in [0.3, 0.4) is 0 Å². The molecule has 1 N–H and O–H groups in total. The first-order valence-corrected chi connectivity index (χ1v) is 6.80. The van der Waals surface area contributed by atoms with Crippen molar-refractivity contribution >= 4 is 23.3 Å². The van der Waals surface area contributed by atoms with Gasteiger partial charge in [0.1, 0.15) is 0 Å². The average molecular weight is 308 g/mol. The maximum absolute atomic E-state index is 11.8. The van der Waals surface area contributed by atoms with E-state index in [0.717, 1.165) is 6.42 Å². The number of esters is 1. The Hall–Kier alpha value is -2.48. The predicted molar refractivity (Wildman–Crippen MR) is 76.4 cm³/mol. The lowest BCUT2D eigenvalue weighted by Gasteiger charge is -2.11. The van der Waals surface area contributed by atoms with Crippen LogP contribution in [-0.4, -0.2) is 36.1 Å². The number of benzene rings is 1. The number of nitrogens with one attached hydrogen (secondary N) is 1. The van der Waals surface area contributed by atoms with Gasteiger partial charge in [-0.2, -0.15) is 0 Å². The number of hydrogen-bond acceptors (Lipinski definition) is 6. The number of rotatable bonds is 5. The molecule has 22 heavy (non-hydrogen) atoms. The van der Waals surface area contributed by atoms with Gasteiger partial charge in [-0.3, -0.25) is 14.9 Å². The minimum atomic E-state index is -0.604. The van der Waals surface area contributed by atoms with Crippen LogP contribution in [0.5, 0.6) is 0 Å². The molecule has 1 saturated heterocycles. The van der Waals surface area contributed by atoms with Gasteiger partial charge in [0.25, 0.3) is 11.6 Å². The zero-order chi connectivity index (χ0) is 16.1. The molecule has 0 aromatic heterocycles. The van der Waals surface area contributed by atoms with Crippen LogP contribution in [0, 0.1) is 17.0 Å². The van der Waals surface area contributed by atoms with Crippen molar-refractivity contribution in [3.05, 3.63) is 33.9 Å². The molecule has 1 atom stereocenters. The molecule has 0 spiro atoms. The van der Waals surface area contributed by atoms with E-state index in [9.17, 15) is 19.7 Å². The van der Waals surface area contributed by atoms with Gasteiger partial charge in [0.2, 0.25) is 0 Å². The Kier molecular flexibility index (Phi) is 5.05. The van der Waals surface area contributed by atoms with E-state index in [4.69, 9.17) is 9.47 Å². The van der Waals surface area contributed by atoms with Crippen molar-refractivity contribution in [3.63, 3.8) is 0 Å². The van der Waals surface area contributed by atoms with Gasteiger partial charge >= 0.3 is 5.97 Å². The second kappa shape index (κ2) is 6.99. The molecule has 1 aromatic rings. The molecule has 8 nitrogen and oxygen atoms in total. The normalized spacial score (nSPS) is 17.0. The molecule has 0 radical (unpaired) electrons. The number of non-ortho nitro benzene ring substituents is 1. The third kappa shape index (κ3) is 4.01. The van der Waals surface area contributed by atoms with Gasteiger partial charge in [-0.05, 0) is 25.3 Å². The van der Waals surface area contributed by atoms with Gasteiger partial charge in [0.15, 0.2) is 12.7 Å². The van der Waals surface area contributed by atoms with Crippen molar-refractivity contribution in [1.82, 2.24) is 0 Å². The lowest BCUT2D eigenvalue weighted by Crippen LogP contribution is -2.27. The standard InChI is InChI=1S/C14H16N2O6/c1-9-4-5-10(16(19)20)7-11(9)15-13(17)8-22-14(18)12-3-2-6-21-12/h4-5,7,12H,2-3,6,8H2,1H3,(H,15,17)/t12-/m0/s1. The molecule has 1 fully saturated rings. The molecule has 0 unspecified atom stereocenters. The summed E-state index contributed by atoms with van der Waals surface area (Å²) in [5.74, 6) is -1.13. The molecule has 1 aliphatic heterocycles. The van der Waals surface area contributed by atoms with Crippen molar-refractivity contribution in [3.8, 4) is 0 Å². The lowest BCUT2D eigenvalue weighted by molar-refractivity contribution is -0.384. The Bertz CT molecular complexity index is 595. The van der Waals surface area contributed by atoms with Gasteiger partial charge in [0.05, 0.1) is 10.6 Å². The highest BCUT2D eigenvalue weighted by atomic mass is 16.6. The summed E-state index contributed by atoms with van der Waals surface area (Å²) in [7, 11) is 0. The highest BCUT2D eigenvalue weighted by Crippen LogP contribution is 2.21. The number of nitrogens with zero attached hydrogens (tertiary/aromatic N) is 1. The number of nitro groups is 1. The van der Waals surface area contributed by atoms with Gasteiger partial charge < -0.3 is 14.8 Å². The summed E-state index contributed by atoms with van der Waals surface area (Å²) in [6.45, 7) is 1.76. The fourth-order valence-corrected chi connectivity index (χ4v) is 2.04. The molecule has 0 aliphatic carbocycles. The highest BCUT2D eigenvalue weighted by Gasteiger charge is 2.25. The van der Waals surface area contributed by atoms with Gasteiger partial charge in [-0.25, -0.2) is 4.79 Å². The Balaban J connectivity index is 1.90. The maximum Gasteiger partial charge on any atom is 0.335 e. The first-order chi connectivity index (χ1) is 10.5. The summed E-state index contributed by atoms with van der Waals surface area (Å²) < 4.78 is 10.0.